The van der Waals surface area contributed by atoms with Crippen LogP contribution in [0.5, 0.6) is 5.75 Å². The first-order valence-electron chi connectivity index (χ1n) is 9.43. The molecule has 1 amide bonds. The number of benzene rings is 2. The molecule has 0 spiro atoms. The first-order chi connectivity index (χ1) is 15.8. The van der Waals surface area contributed by atoms with E-state index in [1.54, 1.807) is 29.1 Å². The Balaban J connectivity index is 1.39. The highest BCUT2D eigenvalue weighted by Crippen LogP contribution is 2.36. The fourth-order valence-corrected chi connectivity index (χ4v) is 4.15. The molecule has 6 nitrogen and oxygen atoms in total. The van der Waals surface area contributed by atoms with Crippen LogP contribution in [0.4, 0.5) is 5.82 Å². The molecule has 1 N–H and O–H groups in total. The summed E-state index contributed by atoms with van der Waals surface area (Å²) in [6, 6.07) is 13.5. The van der Waals surface area contributed by atoms with Crippen molar-refractivity contribution in [1.82, 2.24) is 9.78 Å². The maximum Gasteiger partial charge on any atom is 0.292 e. The summed E-state index contributed by atoms with van der Waals surface area (Å²) in [5.41, 5.74) is 0.980. The van der Waals surface area contributed by atoms with Gasteiger partial charge in [0.25, 0.3) is 5.91 Å². The minimum Gasteiger partial charge on any atom is -0.483 e. The van der Waals surface area contributed by atoms with Gasteiger partial charge in [0, 0.05) is 16.2 Å². The highest BCUT2D eigenvalue weighted by Gasteiger charge is 2.17. The van der Waals surface area contributed by atoms with E-state index in [4.69, 9.17) is 67.2 Å². The number of hydrogen-bond donors (Lipinski definition) is 1. The lowest BCUT2D eigenvalue weighted by Crippen LogP contribution is -2.12. The van der Waals surface area contributed by atoms with E-state index in [9.17, 15) is 4.79 Å². The second kappa shape index (κ2) is 10.3. The summed E-state index contributed by atoms with van der Waals surface area (Å²) < 4.78 is 12.8. The summed E-state index contributed by atoms with van der Waals surface area (Å²) in [6.45, 7) is 0.468. The Labute approximate surface area is 213 Å². The Morgan fingerprint density at radius 3 is 2.33 bits per heavy atom. The number of carbonyl (C=O) groups is 1. The van der Waals surface area contributed by atoms with E-state index in [1.165, 1.54) is 18.2 Å². The average Bonchev–Trinajstić information content (AvgIpc) is 3.36. The number of furan rings is 1. The average molecular weight is 546 g/mol. The minimum atomic E-state index is -0.512. The smallest absolute Gasteiger partial charge is 0.292 e. The molecule has 0 aliphatic heterocycles. The summed E-state index contributed by atoms with van der Waals surface area (Å²) in [5, 5.41) is 8.81. The first kappa shape index (κ1) is 23.8. The van der Waals surface area contributed by atoms with Crippen molar-refractivity contribution in [3.63, 3.8) is 0 Å². The molecular weight excluding hydrogens is 532 g/mol. The van der Waals surface area contributed by atoms with E-state index < -0.39 is 5.91 Å². The monoisotopic (exact) mass is 543 g/mol. The number of carbonyl (C=O) groups excluding carboxylic acids is 1. The van der Waals surface area contributed by atoms with Crippen LogP contribution in [0.1, 0.15) is 21.9 Å². The maximum atomic E-state index is 12.6. The molecule has 0 unspecified atom stereocenters. The van der Waals surface area contributed by atoms with Crippen molar-refractivity contribution in [2.24, 2.45) is 0 Å². The fourth-order valence-electron chi connectivity index (χ4n) is 2.90. The molecule has 0 bridgehead atoms. The second-order valence-corrected chi connectivity index (χ2v) is 8.95. The second-order valence-electron chi connectivity index (χ2n) is 6.86. The predicted octanol–water partition coefficient (Wildman–Crippen LogP) is 7.62. The Morgan fingerprint density at radius 1 is 0.939 bits per heavy atom. The number of halogens is 5. The number of ether oxygens (including phenoxy) is 1. The van der Waals surface area contributed by atoms with Gasteiger partial charge in [-0.1, -0.05) is 70.1 Å². The zero-order chi connectivity index (χ0) is 23.5. The third-order valence-electron chi connectivity index (χ3n) is 4.41. The van der Waals surface area contributed by atoms with Gasteiger partial charge in [0.15, 0.2) is 17.3 Å². The number of nitrogens with zero attached hydrogens (tertiary/aromatic N) is 2. The Bertz CT molecular complexity index is 1280. The minimum absolute atomic E-state index is 0.00479. The molecule has 0 aliphatic rings. The van der Waals surface area contributed by atoms with Crippen LogP contribution in [-0.2, 0) is 13.2 Å². The van der Waals surface area contributed by atoms with Gasteiger partial charge in [0.2, 0.25) is 0 Å². The van der Waals surface area contributed by atoms with E-state index in [0.717, 1.165) is 5.56 Å². The van der Waals surface area contributed by atoms with Crippen molar-refractivity contribution >= 4 is 69.7 Å². The molecule has 2 heterocycles. The van der Waals surface area contributed by atoms with E-state index in [0.29, 0.717) is 27.4 Å². The topological polar surface area (TPSA) is 69.3 Å². The van der Waals surface area contributed by atoms with Crippen LogP contribution in [0, 0.1) is 0 Å². The standard InChI is InChI=1S/C22H14Cl5N3O3/c23-13-3-1-12(2-4-13)9-30-10-18(27)21(29-30)28-22(31)19-6-5-15(33-19)11-32-20-16(25)7-14(24)8-17(20)26/h1-8,10H,9,11H2,(H,28,29,31). The van der Waals surface area contributed by atoms with Crippen molar-refractivity contribution < 1.29 is 13.9 Å². The number of hydrogen-bond acceptors (Lipinski definition) is 4. The molecule has 11 heteroatoms. The van der Waals surface area contributed by atoms with Crippen LogP contribution < -0.4 is 10.1 Å². The third kappa shape index (κ3) is 5.96. The van der Waals surface area contributed by atoms with Crippen LogP contribution in [0.3, 0.4) is 0 Å². The Morgan fingerprint density at radius 2 is 1.64 bits per heavy atom. The molecule has 4 aromatic rings. The molecular formula is C22H14Cl5N3O3. The van der Waals surface area contributed by atoms with Gasteiger partial charge < -0.3 is 14.5 Å². The third-order valence-corrected chi connectivity index (χ3v) is 5.72. The van der Waals surface area contributed by atoms with Gasteiger partial charge in [0.1, 0.15) is 17.4 Å². The molecule has 0 saturated heterocycles. The van der Waals surface area contributed by atoms with Crippen LogP contribution in [-0.4, -0.2) is 15.7 Å². The fraction of sp³-hybridized carbons (Fsp3) is 0.0909. The quantitative estimate of drug-likeness (QED) is 0.259. The van der Waals surface area contributed by atoms with Gasteiger partial charge in [-0.3, -0.25) is 9.48 Å². The van der Waals surface area contributed by atoms with Gasteiger partial charge in [-0.15, -0.1) is 0 Å². The lowest BCUT2D eigenvalue weighted by atomic mass is 10.2. The highest BCUT2D eigenvalue weighted by molar-refractivity contribution is 6.40. The van der Waals surface area contributed by atoms with Crippen LogP contribution >= 0.6 is 58.0 Å². The molecule has 33 heavy (non-hydrogen) atoms. The number of aromatic nitrogens is 2. The van der Waals surface area contributed by atoms with Crippen molar-refractivity contribution in [2.45, 2.75) is 13.2 Å². The lowest BCUT2D eigenvalue weighted by Gasteiger charge is -2.09. The first-order valence-corrected chi connectivity index (χ1v) is 11.3. The lowest BCUT2D eigenvalue weighted by molar-refractivity contribution is 0.0992. The van der Waals surface area contributed by atoms with Gasteiger partial charge >= 0.3 is 0 Å². The summed E-state index contributed by atoms with van der Waals surface area (Å²) in [7, 11) is 0. The van der Waals surface area contributed by atoms with Crippen LogP contribution in [0.2, 0.25) is 25.1 Å². The molecule has 0 radical (unpaired) electrons. The van der Waals surface area contributed by atoms with Crippen LogP contribution in [0.25, 0.3) is 0 Å². The number of rotatable bonds is 7. The molecule has 170 valence electrons. The normalized spacial score (nSPS) is 10.9. The summed E-state index contributed by atoms with van der Waals surface area (Å²) in [5.74, 6) is 0.418. The number of anilines is 1. The summed E-state index contributed by atoms with van der Waals surface area (Å²) in [4.78, 5) is 12.6. The van der Waals surface area contributed by atoms with Gasteiger partial charge in [-0.2, -0.15) is 5.10 Å². The van der Waals surface area contributed by atoms with E-state index in [1.807, 2.05) is 12.1 Å². The van der Waals surface area contributed by atoms with E-state index >= 15 is 0 Å². The SMILES string of the molecule is O=C(Nc1nn(Cc2ccc(Cl)cc2)cc1Cl)c1ccc(COc2c(Cl)cc(Cl)cc2Cl)o1. The molecule has 0 fully saturated rings. The van der Waals surface area contributed by atoms with Crippen molar-refractivity contribution in [1.29, 1.82) is 0 Å². The van der Waals surface area contributed by atoms with Crippen LogP contribution in [0.15, 0.2) is 59.1 Å². The molecule has 2 aromatic heterocycles. The van der Waals surface area contributed by atoms with Crippen molar-refractivity contribution in [3.8, 4) is 5.75 Å². The predicted molar refractivity (Wildman–Crippen MR) is 130 cm³/mol. The number of amides is 1. The largest absolute Gasteiger partial charge is 0.483 e. The van der Waals surface area contributed by atoms with E-state index in [-0.39, 0.29) is 34.0 Å². The zero-order valence-corrected chi connectivity index (χ0v) is 20.4. The van der Waals surface area contributed by atoms with Crippen molar-refractivity contribution in [3.05, 3.63) is 96.9 Å². The summed E-state index contributed by atoms with van der Waals surface area (Å²) >= 11 is 30.2. The summed E-state index contributed by atoms with van der Waals surface area (Å²) in [6.07, 6.45) is 1.62. The van der Waals surface area contributed by atoms with E-state index in [2.05, 4.69) is 10.4 Å². The molecule has 0 aliphatic carbocycles. The zero-order valence-electron chi connectivity index (χ0n) is 16.6. The highest BCUT2D eigenvalue weighted by atomic mass is 35.5. The Hall–Kier alpha value is -2.35. The molecule has 0 atom stereocenters. The maximum absolute atomic E-state index is 12.6. The molecule has 4 rings (SSSR count). The van der Waals surface area contributed by atoms with Crippen molar-refractivity contribution in [2.75, 3.05) is 5.32 Å². The van der Waals surface area contributed by atoms with Gasteiger partial charge in [-0.05, 0) is 42.0 Å². The van der Waals surface area contributed by atoms with Gasteiger partial charge in [-0.25, -0.2) is 0 Å². The van der Waals surface area contributed by atoms with Gasteiger partial charge in [0.05, 0.1) is 16.6 Å². The molecule has 2 aromatic carbocycles. The Kier molecular flexibility index (Phi) is 7.41. The number of nitrogens with one attached hydrogen (secondary N) is 1. The molecule has 0 saturated carbocycles.